The predicted molar refractivity (Wildman–Crippen MR) is 138 cm³/mol. The lowest BCUT2D eigenvalue weighted by Gasteiger charge is -2.26. The number of hydrogen-bond donors (Lipinski definition) is 3. The number of piperidine rings is 1. The van der Waals surface area contributed by atoms with E-state index in [1.807, 2.05) is 26.0 Å². The highest BCUT2D eigenvalue weighted by Crippen LogP contribution is 2.34. The first-order valence-corrected chi connectivity index (χ1v) is 13.1. The molecule has 1 aliphatic rings. The quantitative estimate of drug-likeness (QED) is 0.377. The van der Waals surface area contributed by atoms with Crippen molar-refractivity contribution in [2.24, 2.45) is 0 Å². The number of nitrogens with one attached hydrogen (secondary N) is 1. The zero-order valence-electron chi connectivity index (χ0n) is 21.0. The topological polar surface area (TPSA) is 121 Å². The van der Waals surface area contributed by atoms with Gasteiger partial charge in [-0.2, -0.15) is 4.98 Å². The lowest BCUT2D eigenvalue weighted by Crippen LogP contribution is -2.36. The van der Waals surface area contributed by atoms with Crippen LogP contribution in [0.15, 0.2) is 22.7 Å². The van der Waals surface area contributed by atoms with Crippen LogP contribution in [0.25, 0.3) is 22.2 Å². The summed E-state index contributed by atoms with van der Waals surface area (Å²) in [5.41, 5.74) is 3.83. The molecule has 1 atom stereocenters. The summed E-state index contributed by atoms with van der Waals surface area (Å²) >= 11 is 1.72. The predicted octanol–water partition coefficient (Wildman–Crippen LogP) is 3.22. The Kier molecular flexibility index (Phi) is 8.73. The van der Waals surface area contributed by atoms with Crippen molar-refractivity contribution in [2.45, 2.75) is 52.7 Å². The SMILES string of the molecule is Cc1cc(-c2nc(-c3cc(C)c(OC[C@@H](O)CNC(=O)CO)c(C)c3)no2)sc1CN1CCCCC1. The molecule has 10 heteroatoms. The molecule has 2 aromatic heterocycles. The van der Waals surface area contributed by atoms with Crippen LogP contribution in [0.3, 0.4) is 0 Å². The van der Waals surface area contributed by atoms with Crippen LogP contribution < -0.4 is 10.1 Å². The average molecular weight is 515 g/mol. The number of thiophene rings is 1. The molecule has 1 amide bonds. The van der Waals surface area contributed by atoms with Gasteiger partial charge >= 0.3 is 0 Å². The van der Waals surface area contributed by atoms with Gasteiger partial charge in [0.1, 0.15) is 25.1 Å². The number of aliphatic hydroxyl groups is 2. The second-order valence-electron chi connectivity index (χ2n) is 9.34. The molecule has 194 valence electrons. The summed E-state index contributed by atoms with van der Waals surface area (Å²) in [7, 11) is 0. The van der Waals surface area contributed by atoms with E-state index in [0.717, 1.165) is 41.2 Å². The van der Waals surface area contributed by atoms with E-state index in [4.69, 9.17) is 14.4 Å². The number of carbonyl (C=O) groups is 1. The van der Waals surface area contributed by atoms with Gasteiger partial charge in [0.05, 0.1) is 4.88 Å². The van der Waals surface area contributed by atoms with Crippen molar-refractivity contribution in [3.63, 3.8) is 0 Å². The lowest BCUT2D eigenvalue weighted by molar-refractivity contribution is -0.124. The smallest absolute Gasteiger partial charge is 0.268 e. The average Bonchev–Trinajstić information content (AvgIpc) is 3.50. The van der Waals surface area contributed by atoms with Crippen LogP contribution >= 0.6 is 11.3 Å². The van der Waals surface area contributed by atoms with Crippen molar-refractivity contribution in [3.05, 3.63) is 39.8 Å². The molecular formula is C26H34N4O5S. The Balaban J connectivity index is 1.42. The van der Waals surface area contributed by atoms with Gasteiger partial charge in [-0.1, -0.05) is 11.6 Å². The van der Waals surface area contributed by atoms with E-state index in [-0.39, 0.29) is 13.2 Å². The minimum atomic E-state index is -0.896. The van der Waals surface area contributed by atoms with Crippen LogP contribution in [-0.2, 0) is 11.3 Å². The number of nitrogens with zero attached hydrogens (tertiary/aromatic N) is 3. The first-order valence-electron chi connectivity index (χ1n) is 12.3. The third kappa shape index (κ3) is 6.50. The molecule has 0 unspecified atom stereocenters. The largest absolute Gasteiger partial charge is 0.490 e. The number of ether oxygens (including phenoxy) is 1. The van der Waals surface area contributed by atoms with Crippen LogP contribution in [-0.4, -0.2) is 70.1 Å². The molecule has 3 heterocycles. The Morgan fingerprint density at radius 2 is 1.89 bits per heavy atom. The van der Waals surface area contributed by atoms with Crippen molar-refractivity contribution in [3.8, 4) is 27.9 Å². The van der Waals surface area contributed by atoms with Gasteiger partial charge in [-0.05, 0) is 81.6 Å². The fraction of sp³-hybridized carbons (Fsp3) is 0.500. The van der Waals surface area contributed by atoms with E-state index in [1.165, 1.54) is 29.7 Å². The first-order chi connectivity index (χ1) is 17.3. The molecule has 3 aromatic rings. The molecule has 1 aliphatic heterocycles. The fourth-order valence-corrected chi connectivity index (χ4v) is 5.52. The summed E-state index contributed by atoms with van der Waals surface area (Å²) < 4.78 is 11.4. The molecule has 0 bridgehead atoms. The molecule has 0 saturated carbocycles. The monoisotopic (exact) mass is 514 g/mol. The van der Waals surface area contributed by atoms with Crippen LogP contribution in [0.2, 0.25) is 0 Å². The van der Waals surface area contributed by atoms with Gasteiger partial charge in [0, 0.05) is 23.5 Å². The Hall–Kier alpha value is -2.79. The zero-order chi connectivity index (χ0) is 25.7. The van der Waals surface area contributed by atoms with Gasteiger partial charge in [-0.15, -0.1) is 11.3 Å². The number of aliphatic hydroxyl groups excluding tert-OH is 2. The van der Waals surface area contributed by atoms with Crippen molar-refractivity contribution < 1.29 is 24.3 Å². The standard InChI is InChI=1S/C26H34N4O5S/c1-16-11-21(36-22(16)13-30-7-5-4-6-8-30)26-28-25(29-35-26)19-9-17(2)24(18(3)10-19)34-15-20(32)12-27-23(33)14-31/h9-11,20,31-32H,4-8,12-15H2,1-3H3,(H,27,33)/t20-/m0/s1. The molecular weight excluding hydrogens is 480 g/mol. The highest BCUT2D eigenvalue weighted by atomic mass is 32.1. The Labute approximate surface area is 215 Å². The number of rotatable bonds is 10. The van der Waals surface area contributed by atoms with E-state index in [9.17, 15) is 9.90 Å². The van der Waals surface area contributed by atoms with Gasteiger partial charge < -0.3 is 24.8 Å². The summed E-state index contributed by atoms with van der Waals surface area (Å²) in [6.45, 7) is 8.67. The Morgan fingerprint density at radius 3 is 2.58 bits per heavy atom. The summed E-state index contributed by atoms with van der Waals surface area (Å²) in [6, 6.07) is 5.99. The minimum absolute atomic E-state index is 0.00312. The van der Waals surface area contributed by atoms with E-state index in [1.54, 1.807) is 11.3 Å². The highest BCUT2D eigenvalue weighted by molar-refractivity contribution is 7.15. The fourth-order valence-electron chi connectivity index (χ4n) is 4.38. The number of carbonyl (C=O) groups excluding carboxylic acids is 1. The summed E-state index contributed by atoms with van der Waals surface area (Å²) in [6.07, 6.45) is 2.98. The normalized spacial score (nSPS) is 15.1. The van der Waals surface area contributed by atoms with Gasteiger partial charge in [-0.3, -0.25) is 9.69 Å². The highest BCUT2D eigenvalue weighted by Gasteiger charge is 2.19. The summed E-state index contributed by atoms with van der Waals surface area (Å²) in [5.74, 6) is 1.15. The Bertz CT molecular complexity index is 1160. The maximum absolute atomic E-state index is 11.1. The number of hydrogen-bond acceptors (Lipinski definition) is 9. The molecule has 3 N–H and O–H groups in total. The number of benzene rings is 1. The number of likely N-dealkylation sites (tertiary alicyclic amines) is 1. The van der Waals surface area contributed by atoms with Crippen molar-refractivity contribution in [1.29, 1.82) is 0 Å². The third-order valence-corrected chi connectivity index (χ3v) is 7.50. The molecule has 9 nitrogen and oxygen atoms in total. The molecule has 1 fully saturated rings. The lowest BCUT2D eigenvalue weighted by atomic mass is 10.1. The maximum atomic E-state index is 11.1. The maximum Gasteiger partial charge on any atom is 0.268 e. The van der Waals surface area contributed by atoms with E-state index in [2.05, 4.69) is 33.3 Å². The van der Waals surface area contributed by atoms with Crippen LogP contribution in [0.1, 0.15) is 40.8 Å². The zero-order valence-corrected chi connectivity index (χ0v) is 21.9. The molecule has 0 radical (unpaired) electrons. The Morgan fingerprint density at radius 1 is 1.17 bits per heavy atom. The van der Waals surface area contributed by atoms with Crippen molar-refractivity contribution >= 4 is 17.2 Å². The molecule has 1 aromatic carbocycles. The number of aromatic nitrogens is 2. The van der Waals surface area contributed by atoms with Crippen LogP contribution in [0.5, 0.6) is 5.75 Å². The molecule has 0 aliphatic carbocycles. The van der Waals surface area contributed by atoms with Gasteiger partial charge in [0.2, 0.25) is 11.7 Å². The summed E-state index contributed by atoms with van der Waals surface area (Å²) in [5, 5.41) is 25.4. The van der Waals surface area contributed by atoms with Crippen LogP contribution in [0, 0.1) is 20.8 Å². The van der Waals surface area contributed by atoms with E-state index in [0.29, 0.717) is 17.5 Å². The van der Waals surface area contributed by atoms with Gasteiger partial charge in [0.25, 0.3) is 5.89 Å². The van der Waals surface area contributed by atoms with Crippen LogP contribution in [0.4, 0.5) is 0 Å². The number of aryl methyl sites for hydroxylation is 3. The van der Waals surface area contributed by atoms with Gasteiger partial charge in [0.15, 0.2) is 0 Å². The second kappa shape index (κ2) is 12.0. The minimum Gasteiger partial charge on any atom is -0.490 e. The number of amides is 1. The molecule has 36 heavy (non-hydrogen) atoms. The van der Waals surface area contributed by atoms with E-state index >= 15 is 0 Å². The first kappa shape index (κ1) is 26.3. The van der Waals surface area contributed by atoms with Gasteiger partial charge in [-0.25, -0.2) is 0 Å². The molecule has 4 rings (SSSR count). The summed E-state index contributed by atoms with van der Waals surface area (Å²) in [4.78, 5) is 20.6. The molecule has 0 spiro atoms. The van der Waals surface area contributed by atoms with E-state index < -0.39 is 18.6 Å². The second-order valence-corrected chi connectivity index (χ2v) is 10.5. The van der Waals surface area contributed by atoms with Crippen molar-refractivity contribution in [2.75, 3.05) is 32.8 Å². The van der Waals surface area contributed by atoms with Crippen molar-refractivity contribution in [1.82, 2.24) is 20.4 Å². The molecule has 1 saturated heterocycles. The third-order valence-electron chi connectivity index (χ3n) is 6.29.